The highest BCUT2D eigenvalue weighted by atomic mass is 79.9. The minimum absolute atomic E-state index is 0.141. The number of ether oxygens (including phenoxy) is 1. The molecule has 5 nitrogen and oxygen atoms in total. The third-order valence-electron chi connectivity index (χ3n) is 5.22. The molecule has 1 aliphatic heterocycles. The van der Waals surface area contributed by atoms with Gasteiger partial charge in [-0.25, -0.2) is 0 Å². The molecule has 0 aromatic heterocycles. The van der Waals surface area contributed by atoms with E-state index in [9.17, 15) is 14.4 Å². The minimum Gasteiger partial charge on any atom is -0.427 e. The van der Waals surface area contributed by atoms with Crippen molar-refractivity contribution in [3.8, 4) is 5.75 Å². The van der Waals surface area contributed by atoms with E-state index < -0.39 is 0 Å². The molecule has 4 atom stereocenters. The van der Waals surface area contributed by atoms with E-state index in [4.69, 9.17) is 4.74 Å². The Hall–Kier alpha value is -1.21. The van der Waals surface area contributed by atoms with Crippen molar-refractivity contribution in [2.45, 2.75) is 55.1 Å². The van der Waals surface area contributed by atoms with Crippen LogP contribution in [-0.4, -0.2) is 27.4 Å². The molecule has 1 heterocycles. The number of carbonyl (C=O) groups excluding carboxylic acids is 3. The van der Waals surface area contributed by atoms with Crippen LogP contribution in [0, 0.1) is 11.8 Å². The molecule has 0 unspecified atom stereocenters. The van der Waals surface area contributed by atoms with Gasteiger partial charge in [-0.1, -0.05) is 51.6 Å². The summed E-state index contributed by atoms with van der Waals surface area (Å²) in [5, 5.41) is 0. The highest BCUT2D eigenvalue weighted by molar-refractivity contribution is 9.12. The first-order valence-electron chi connectivity index (χ1n) is 9.39. The summed E-state index contributed by atoms with van der Waals surface area (Å²) < 4.78 is 5.32. The van der Waals surface area contributed by atoms with E-state index in [-0.39, 0.29) is 39.3 Å². The predicted molar refractivity (Wildman–Crippen MR) is 110 cm³/mol. The van der Waals surface area contributed by atoms with E-state index in [0.29, 0.717) is 30.7 Å². The molecule has 1 aliphatic carbocycles. The fourth-order valence-corrected chi connectivity index (χ4v) is 4.95. The Kier molecular flexibility index (Phi) is 6.74. The summed E-state index contributed by atoms with van der Waals surface area (Å²) in [5.41, 5.74) is 0.530. The molecule has 3 rings (SSSR count). The molecule has 0 bridgehead atoms. The number of carbonyl (C=O) groups is 3. The van der Waals surface area contributed by atoms with Gasteiger partial charge in [0.25, 0.3) is 0 Å². The van der Waals surface area contributed by atoms with E-state index in [1.807, 2.05) is 0 Å². The van der Waals surface area contributed by atoms with E-state index in [1.54, 1.807) is 24.3 Å². The van der Waals surface area contributed by atoms with Crippen molar-refractivity contribution in [3.63, 3.8) is 0 Å². The monoisotopic (exact) mass is 499 g/mol. The zero-order valence-electron chi connectivity index (χ0n) is 15.2. The van der Waals surface area contributed by atoms with Gasteiger partial charge in [0.2, 0.25) is 11.8 Å². The van der Waals surface area contributed by atoms with Crippen LogP contribution < -0.4 is 9.64 Å². The fraction of sp³-hybridized carbons (Fsp3) is 0.550. The number of imide groups is 1. The van der Waals surface area contributed by atoms with Crippen LogP contribution in [0.15, 0.2) is 24.3 Å². The average Bonchev–Trinajstić information content (AvgIpc) is 2.87. The van der Waals surface area contributed by atoms with Crippen LogP contribution >= 0.6 is 31.9 Å². The van der Waals surface area contributed by atoms with E-state index in [0.717, 1.165) is 19.3 Å². The number of alkyl halides is 2. The smallest absolute Gasteiger partial charge is 0.311 e. The Labute approximate surface area is 176 Å². The molecule has 0 N–H and O–H groups in total. The maximum absolute atomic E-state index is 12.8. The standard InChI is InChI=1S/C20H23Br2NO4/c1-2-3-4-5-18(24)27-13-8-6-12(7-9-13)23-19(25)14-10-16(21)17(22)11-15(14)20(23)26/h6-9,14-17H,2-5,10-11H2,1H3/t14-,15+,16-,17-/m1/s1. The van der Waals surface area contributed by atoms with Gasteiger partial charge in [0.15, 0.2) is 0 Å². The summed E-state index contributed by atoms with van der Waals surface area (Å²) in [6, 6.07) is 6.60. The van der Waals surface area contributed by atoms with Crippen LogP contribution in [0.2, 0.25) is 0 Å². The second-order valence-electron chi connectivity index (χ2n) is 7.15. The van der Waals surface area contributed by atoms with Crippen LogP contribution in [0.1, 0.15) is 45.4 Å². The lowest BCUT2D eigenvalue weighted by Crippen LogP contribution is -2.34. The summed E-state index contributed by atoms with van der Waals surface area (Å²) in [6.45, 7) is 2.08. The number of rotatable bonds is 6. The van der Waals surface area contributed by atoms with Gasteiger partial charge in [0.1, 0.15) is 5.75 Å². The Balaban J connectivity index is 1.67. The Morgan fingerprint density at radius 3 is 2.11 bits per heavy atom. The van der Waals surface area contributed by atoms with E-state index in [1.165, 1.54) is 4.90 Å². The molecule has 1 aromatic rings. The number of amides is 2. The second kappa shape index (κ2) is 8.86. The molecule has 2 fully saturated rings. The summed E-state index contributed by atoms with van der Waals surface area (Å²) in [4.78, 5) is 39.1. The maximum Gasteiger partial charge on any atom is 0.311 e. The topological polar surface area (TPSA) is 63.7 Å². The third-order valence-corrected chi connectivity index (χ3v) is 7.96. The number of halogens is 2. The molecule has 1 aromatic carbocycles. The fourth-order valence-electron chi connectivity index (χ4n) is 3.71. The van der Waals surface area contributed by atoms with Crippen molar-refractivity contribution in [2.75, 3.05) is 4.90 Å². The van der Waals surface area contributed by atoms with E-state index >= 15 is 0 Å². The molecule has 27 heavy (non-hydrogen) atoms. The van der Waals surface area contributed by atoms with Gasteiger partial charge in [-0.3, -0.25) is 19.3 Å². The van der Waals surface area contributed by atoms with Crippen molar-refractivity contribution in [2.24, 2.45) is 11.8 Å². The Morgan fingerprint density at radius 2 is 1.59 bits per heavy atom. The van der Waals surface area contributed by atoms with Crippen molar-refractivity contribution in [1.82, 2.24) is 0 Å². The van der Waals surface area contributed by atoms with Crippen molar-refractivity contribution < 1.29 is 19.1 Å². The molecule has 146 valence electrons. The van der Waals surface area contributed by atoms with E-state index in [2.05, 4.69) is 38.8 Å². The predicted octanol–water partition coefficient (Wildman–Crippen LogP) is 4.60. The largest absolute Gasteiger partial charge is 0.427 e. The lowest BCUT2D eigenvalue weighted by atomic mass is 9.81. The van der Waals surface area contributed by atoms with Crippen LogP contribution in [-0.2, 0) is 14.4 Å². The highest BCUT2D eigenvalue weighted by Gasteiger charge is 2.52. The van der Waals surface area contributed by atoms with Crippen molar-refractivity contribution >= 4 is 55.3 Å². The molecular formula is C20H23Br2NO4. The Morgan fingerprint density at radius 1 is 1.04 bits per heavy atom. The molecule has 0 spiro atoms. The number of unbranched alkanes of at least 4 members (excludes halogenated alkanes) is 2. The molecule has 1 saturated carbocycles. The summed E-state index contributed by atoms with van der Waals surface area (Å²) in [5.74, 6) is -0.658. The molecule has 2 amide bonds. The van der Waals surface area contributed by atoms with Crippen molar-refractivity contribution in [3.05, 3.63) is 24.3 Å². The highest BCUT2D eigenvalue weighted by Crippen LogP contribution is 2.44. The van der Waals surface area contributed by atoms with Crippen molar-refractivity contribution in [1.29, 1.82) is 0 Å². The number of anilines is 1. The quantitative estimate of drug-likeness (QED) is 0.188. The van der Waals surface area contributed by atoms with Gasteiger partial charge in [0.05, 0.1) is 17.5 Å². The Bertz CT molecular complexity index is 693. The molecule has 1 saturated heterocycles. The summed E-state index contributed by atoms with van der Waals surface area (Å²) in [6.07, 6.45) is 4.55. The molecule has 7 heteroatoms. The van der Waals surface area contributed by atoms with Gasteiger partial charge in [-0.05, 0) is 43.5 Å². The average molecular weight is 501 g/mol. The molecular weight excluding hydrogens is 478 g/mol. The van der Waals surface area contributed by atoms with Crippen LogP contribution in [0.25, 0.3) is 0 Å². The number of hydrogen-bond donors (Lipinski definition) is 0. The second-order valence-corrected chi connectivity index (χ2v) is 9.51. The van der Waals surface area contributed by atoms with Gasteiger partial charge >= 0.3 is 5.97 Å². The third kappa shape index (κ3) is 4.45. The number of benzene rings is 1. The molecule has 0 radical (unpaired) electrons. The van der Waals surface area contributed by atoms with Crippen LogP contribution in [0.4, 0.5) is 5.69 Å². The first-order chi connectivity index (χ1) is 12.9. The summed E-state index contributed by atoms with van der Waals surface area (Å²) >= 11 is 7.18. The number of esters is 1. The van der Waals surface area contributed by atoms with Crippen LogP contribution in [0.5, 0.6) is 5.75 Å². The number of nitrogens with zero attached hydrogens (tertiary/aromatic N) is 1. The van der Waals surface area contributed by atoms with Crippen LogP contribution in [0.3, 0.4) is 0 Å². The SMILES string of the molecule is CCCCCC(=O)Oc1ccc(N2C(=O)[C@H]3C[C@@H](Br)[C@H](Br)C[C@H]3C2=O)cc1. The first-order valence-corrected chi connectivity index (χ1v) is 11.2. The number of fused-ring (bicyclic) bond motifs is 1. The van der Waals surface area contributed by atoms with Gasteiger partial charge in [-0.15, -0.1) is 0 Å². The zero-order valence-corrected chi connectivity index (χ0v) is 18.4. The van der Waals surface area contributed by atoms with Gasteiger partial charge in [-0.2, -0.15) is 0 Å². The zero-order chi connectivity index (χ0) is 19.6. The molecule has 2 aliphatic rings. The number of hydrogen-bond acceptors (Lipinski definition) is 4. The van der Waals surface area contributed by atoms with Gasteiger partial charge < -0.3 is 4.74 Å². The first kappa shape index (κ1) is 20.5. The van der Waals surface area contributed by atoms with Gasteiger partial charge in [0, 0.05) is 16.1 Å². The summed E-state index contributed by atoms with van der Waals surface area (Å²) in [7, 11) is 0. The lowest BCUT2D eigenvalue weighted by Gasteiger charge is -2.29. The maximum atomic E-state index is 12.8. The minimum atomic E-state index is -0.272. The normalized spacial score (nSPS) is 27.6. The lowest BCUT2D eigenvalue weighted by molar-refractivity contribution is -0.134.